The van der Waals surface area contributed by atoms with E-state index in [0.29, 0.717) is 42.7 Å². The van der Waals surface area contributed by atoms with Crippen LogP contribution >= 0.6 is 0 Å². The first-order valence-corrected chi connectivity index (χ1v) is 11.4. The number of ether oxygens (including phenoxy) is 3. The van der Waals surface area contributed by atoms with E-state index >= 15 is 0 Å². The number of carbonyl (C=O) groups excluding carboxylic acids is 2. The van der Waals surface area contributed by atoms with Gasteiger partial charge in [-0.05, 0) is 67.4 Å². The van der Waals surface area contributed by atoms with Gasteiger partial charge in [0.25, 0.3) is 0 Å². The number of para-hydroxylation sites is 1. The number of hydrogen-bond donors (Lipinski definition) is 2. The molecule has 0 aromatic heterocycles. The molecule has 0 saturated carbocycles. The maximum atomic E-state index is 12.4. The van der Waals surface area contributed by atoms with Gasteiger partial charge < -0.3 is 24.8 Å². The highest BCUT2D eigenvalue weighted by atomic mass is 16.5. The lowest BCUT2D eigenvalue weighted by Gasteiger charge is -2.13. The molecule has 0 unspecified atom stereocenters. The molecule has 0 spiro atoms. The van der Waals surface area contributed by atoms with E-state index in [1.807, 2.05) is 68.4 Å². The first kappa shape index (κ1) is 25.4. The molecule has 7 nitrogen and oxygen atoms in total. The Balaban J connectivity index is 1.59. The smallest absolute Gasteiger partial charge is 0.248 e. The number of aryl methyl sites for hydroxylation is 1. The van der Waals surface area contributed by atoms with Crippen molar-refractivity contribution in [3.8, 4) is 17.2 Å². The van der Waals surface area contributed by atoms with Crippen molar-refractivity contribution in [1.82, 2.24) is 0 Å². The Hall–Kier alpha value is -4.26. The maximum absolute atomic E-state index is 12.4. The molecule has 0 atom stereocenters. The summed E-state index contributed by atoms with van der Waals surface area (Å²) in [5, 5.41) is 5.56. The van der Waals surface area contributed by atoms with Crippen molar-refractivity contribution in [2.75, 3.05) is 30.5 Å². The predicted molar refractivity (Wildman–Crippen MR) is 138 cm³/mol. The summed E-state index contributed by atoms with van der Waals surface area (Å²) in [6, 6.07) is 20.4. The van der Waals surface area contributed by atoms with Gasteiger partial charge in [-0.15, -0.1) is 0 Å². The molecule has 0 radical (unpaired) electrons. The first-order chi connectivity index (χ1) is 16.9. The van der Waals surface area contributed by atoms with E-state index < -0.39 is 0 Å². The monoisotopic (exact) mass is 474 g/mol. The van der Waals surface area contributed by atoms with Crippen LogP contribution in [0.5, 0.6) is 17.2 Å². The van der Waals surface area contributed by atoms with Gasteiger partial charge in [-0.25, -0.2) is 0 Å². The number of rotatable bonds is 11. The summed E-state index contributed by atoms with van der Waals surface area (Å²) in [6.07, 6.45) is 3.14. The minimum absolute atomic E-state index is 0.169. The van der Waals surface area contributed by atoms with Crippen molar-refractivity contribution < 1.29 is 23.8 Å². The average Bonchev–Trinajstić information content (AvgIpc) is 2.84. The molecule has 0 aliphatic heterocycles. The Labute approximate surface area is 205 Å². The fourth-order valence-electron chi connectivity index (χ4n) is 3.22. The van der Waals surface area contributed by atoms with Gasteiger partial charge in [0, 0.05) is 24.4 Å². The number of hydrogen-bond acceptors (Lipinski definition) is 5. The van der Waals surface area contributed by atoms with Crippen molar-refractivity contribution >= 4 is 29.3 Å². The van der Waals surface area contributed by atoms with E-state index in [9.17, 15) is 9.59 Å². The number of anilines is 2. The van der Waals surface area contributed by atoms with Gasteiger partial charge >= 0.3 is 0 Å². The molecule has 35 heavy (non-hydrogen) atoms. The maximum Gasteiger partial charge on any atom is 0.248 e. The molecule has 0 aliphatic rings. The molecule has 0 saturated heterocycles. The second kappa shape index (κ2) is 12.8. The second-order valence-electron chi connectivity index (χ2n) is 7.68. The molecular weight excluding hydrogens is 444 g/mol. The molecule has 3 aromatic rings. The molecule has 182 valence electrons. The number of carbonyl (C=O) groups is 2. The highest BCUT2D eigenvalue weighted by molar-refractivity contribution is 6.02. The molecule has 0 heterocycles. The Morgan fingerprint density at radius 3 is 2.37 bits per heavy atom. The zero-order valence-corrected chi connectivity index (χ0v) is 20.2. The van der Waals surface area contributed by atoms with Crippen molar-refractivity contribution in [2.24, 2.45) is 0 Å². The predicted octanol–water partition coefficient (Wildman–Crippen LogP) is 5.46. The molecule has 0 aliphatic carbocycles. The quantitative estimate of drug-likeness (QED) is 0.285. The van der Waals surface area contributed by atoms with E-state index in [4.69, 9.17) is 14.2 Å². The second-order valence-corrected chi connectivity index (χ2v) is 7.68. The summed E-state index contributed by atoms with van der Waals surface area (Å²) >= 11 is 0. The van der Waals surface area contributed by atoms with Crippen molar-refractivity contribution in [3.63, 3.8) is 0 Å². The van der Waals surface area contributed by atoms with Crippen LogP contribution in [0.2, 0.25) is 0 Å². The lowest BCUT2D eigenvalue weighted by Crippen LogP contribution is -2.10. The van der Waals surface area contributed by atoms with E-state index in [0.717, 1.165) is 16.9 Å². The third-order valence-electron chi connectivity index (χ3n) is 4.86. The zero-order valence-electron chi connectivity index (χ0n) is 20.2. The fourth-order valence-corrected chi connectivity index (χ4v) is 3.22. The van der Waals surface area contributed by atoms with Crippen LogP contribution in [-0.4, -0.2) is 31.6 Å². The van der Waals surface area contributed by atoms with Crippen LogP contribution in [0.3, 0.4) is 0 Å². The molecule has 7 heteroatoms. The van der Waals surface area contributed by atoms with E-state index in [1.54, 1.807) is 18.2 Å². The van der Waals surface area contributed by atoms with E-state index in [-0.39, 0.29) is 11.8 Å². The lowest BCUT2D eigenvalue weighted by molar-refractivity contribution is -0.114. The van der Waals surface area contributed by atoms with E-state index in [2.05, 4.69) is 10.6 Å². The van der Waals surface area contributed by atoms with Crippen LogP contribution in [0.1, 0.15) is 25.0 Å². The van der Waals surface area contributed by atoms with Crippen LogP contribution in [0.15, 0.2) is 72.8 Å². The summed E-state index contributed by atoms with van der Waals surface area (Å²) in [5.74, 6) is 1.53. The minimum atomic E-state index is -0.293. The average molecular weight is 475 g/mol. The van der Waals surface area contributed by atoms with Crippen LogP contribution in [0, 0.1) is 6.92 Å². The Bertz CT molecular complexity index is 1180. The van der Waals surface area contributed by atoms with Crippen LogP contribution < -0.4 is 24.8 Å². The molecular formula is C28H30N2O5. The molecule has 2 N–H and O–H groups in total. The van der Waals surface area contributed by atoms with Crippen LogP contribution in [0.4, 0.5) is 11.4 Å². The SMILES string of the molecule is CCOc1cc(C=CC(=O)Nc2ccc(C)c(NC(C)=O)c2)ccc1OCCOc1ccccc1. The van der Waals surface area contributed by atoms with Crippen LogP contribution in [0.25, 0.3) is 6.08 Å². The number of amides is 2. The van der Waals surface area contributed by atoms with Crippen molar-refractivity contribution in [2.45, 2.75) is 20.8 Å². The lowest BCUT2D eigenvalue weighted by atomic mass is 10.1. The minimum Gasteiger partial charge on any atom is -0.490 e. The number of benzene rings is 3. The summed E-state index contributed by atoms with van der Waals surface area (Å²) in [4.78, 5) is 23.8. The summed E-state index contributed by atoms with van der Waals surface area (Å²) in [7, 11) is 0. The van der Waals surface area contributed by atoms with Crippen LogP contribution in [-0.2, 0) is 9.59 Å². The Morgan fingerprint density at radius 2 is 1.63 bits per heavy atom. The van der Waals surface area contributed by atoms with Gasteiger partial charge in [0.15, 0.2) is 11.5 Å². The standard InChI is InChI=1S/C28H30N2O5/c1-4-33-27-18-22(11-14-26(27)35-17-16-34-24-8-6-5-7-9-24)12-15-28(32)30-23-13-10-20(2)25(19-23)29-21(3)31/h5-15,18-19H,4,16-17H2,1-3H3,(H,29,31)(H,30,32). The highest BCUT2D eigenvalue weighted by Crippen LogP contribution is 2.29. The molecule has 2 amide bonds. The van der Waals surface area contributed by atoms with Crippen molar-refractivity contribution in [3.05, 3.63) is 83.9 Å². The largest absolute Gasteiger partial charge is 0.490 e. The normalized spacial score (nSPS) is 10.6. The van der Waals surface area contributed by atoms with E-state index in [1.165, 1.54) is 13.0 Å². The summed E-state index contributed by atoms with van der Waals surface area (Å²) < 4.78 is 17.2. The van der Waals surface area contributed by atoms with Gasteiger partial charge in [-0.2, -0.15) is 0 Å². The topological polar surface area (TPSA) is 85.9 Å². The summed E-state index contributed by atoms with van der Waals surface area (Å²) in [5.41, 5.74) is 2.95. The molecule has 0 bridgehead atoms. The van der Waals surface area contributed by atoms with Gasteiger partial charge in [-0.1, -0.05) is 30.3 Å². The highest BCUT2D eigenvalue weighted by Gasteiger charge is 2.07. The van der Waals surface area contributed by atoms with Crippen molar-refractivity contribution in [1.29, 1.82) is 0 Å². The third kappa shape index (κ3) is 8.23. The zero-order chi connectivity index (χ0) is 25.0. The fraction of sp³-hybridized carbons (Fsp3) is 0.214. The first-order valence-electron chi connectivity index (χ1n) is 11.4. The Kier molecular flexibility index (Phi) is 9.31. The number of nitrogens with one attached hydrogen (secondary N) is 2. The molecule has 0 fully saturated rings. The van der Waals surface area contributed by atoms with Gasteiger partial charge in [0.05, 0.1) is 6.61 Å². The molecule has 3 rings (SSSR count). The third-order valence-corrected chi connectivity index (χ3v) is 4.86. The Morgan fingerprint density at radius 1 is 0.857 bits per heavy atom. The van der Waals surface area contributed by atoms with Gasteiger partial charge in [-0.3, -0.25) is 9.59 Å². The summed E-state index contributed by atoms with van der Waals surface area (Å²) in [6.45, 7) is 6.47. The van der Waals surface area contributed by atoms with Gasteiger partial charge in [0.1, 0.15) is 19.0 Å². The van der Waals surface area contributed by atoms with Gasteiger partial charge in [0.2, 0.25) is 11.8 Å². The molecule has 3 aromatic carbocycles.